The van der Waals surface area contributed by atoms with Crippen LogP contribution < -0.4 is 10.6 Å². The van der Waals surface area contributed by atoms with Gasteiger partial charge in [0, 0.05) is 25.0 Å². The Morgan fingerprint density at radius 1 is 1.25 bits per heavy atom. The minimum absolute atomic E-state index is 0.0135. The molecule has 0 saturated heterocycles. The average Bonchev–Trinajstić information content (AvgIpc) is 2.39. The zero-order valence-corrected chi connectivity index (χ0v) is 13.0. The molecule has 0 aliphatic rings. The molecule has 0 aliphatic heterocycles. The van der Waals surface area contributed by atoms with Crippen LogP contribution in [0.15, 0.2) is 30.3 Å². The van der Waals surface area contributed by atoms with Crippen molar-refractivity contribution in [2.45, 2.75) is 19.4 Å². The van der Waals surface area contributed by atoms with Crippen LogP contribution in [0.3, 0.4) is 0 Å². The molecule has 1 rings (SSSR count). The Bertz CT molecular complexity index is 392. The van der Waals surface area contributed by atoms with Crippen molar-refractivity contribution in [3.05, 3.63) is 35.9 Å². The molecule has 1 aromatic carbocycles. The number of benzene rings is 1. The van der Waals surface area contributed by atoms with Gasteiger partial charge in [0.05, 0.1) is 0 Å². The lowest BCUT2D eigenvalue weighted by Crippen LogP contribution is -2.46. The van der Waals surface area contributed by atoms with Gasteiger partial charge >= 0.3 is 0 Å². The zero-order valence-electron chi connectivity index (χ0n) is 13.0. The first-order valence-electron chi connectivity index (χ1n) is 7.16. The highest BCUT2D eigenvalue weighted by molar-refractivity contribution is 5.78. The van der Waals surface area contributed by atoms with Gasteiger partial charge in [-0.1, -0.05) is 37.3 Å². The molecule has 0 radical (unpaired) electrons. The smallest absolute Gasteiger partial charge is 0.224 e. The lowest BCUT2D eigenvalue weighted by molar-refractivity contribution is -0.125. The van der Waals surface area contributed by atoms with Gasteiger partial charge in [0.1, 0.15) is 0 Å². The Balaban J connectivity index is 2.62. The Hall–Kier alpha value is -1.39. The van der Waals surface area contributed by atoms with Crippen molar-refractivity contribution >= 4 is 5.91 Å². The van der Waals surface area contributed by atoms with Crippen LogP contribution in [-0.2, 0) is 11.2 Å². The predicted molar refractivity (Wildman–Crippen MR) is 83.7 cm³/mol. The molecule has 0 saturated carbocycles. The molecule has 0 aromatic heterocycles. The molecule has 4 nitrogen and oxygen atoms in total. The predicted octanol–water partition coefficient (Wildman–Crippen LogP) is 1.13. The van der Waals surface area contributed by atoms with Crippen molar-refractivity contribution in [3.63, 3.8) is 0 Å². The van der Waals surface area contributed by atoms with E-state index >= 15 is 0 Å². The highest BCUT2D eigenvalue weighted by Crippen LogP contribution is 2.05. The highest BCUT2D eigenvalue weighted by Gasteiger charge is 2.18. The number of rotatable bonds is 8. The molecule has 0 bridgehead atoms. The van der Waals surface area contributed by atoms with Gasteiger partial charge in [0.25, 0.3) is 0 Å². The summed E-state index contributed by atoms with van der Waals surface area (Å²) in [5.41, 5.74) is 1.25. The van der Waals surface area contributed by atoms with Crippen LogP contribution >= 0.6 is 0 Å². The summed E-state index contributed by atoms with van der Waals surface area (Å²) in [4.78, 5) is 14.3. The topological polar surface area (TPSA) is 44.4 Å². The number of hydrogen-bond acceptors (Lipinski definition) is 3. The molecule has 4 heteroatoms. The van der Waals surface area contributed by atoms with E-state index in [1.807, 2.05) is 46.3 Å². The second-order valence-corrected chi connectivity index (χ2v) is 5.62. The molecule has 2 N–H and O–H groups in total. The van der Waals surface area contributed by atoms with E-state index in [4.69, 9.17) is 0 Å². The molecular weight excluding hydrogens is 250 g/mol. The minimum Gasteiger partial charge on any atom is -0.351 e. The summed E-state index contributed by atoms with van der Waals surface area (Å²) in [5, 5.41) is 6.20. The van der Waals surface area contributed by atoms with Gasteiger partial charge < -0.3 is 15.5 Å². The Morgan fingerprint density at radius 3 is 2.45 bits per heavy atom. The van der Waals surface area contributed by atoms with Gasteiger partial charge in [-0.25, -0.2) is 0 Å². The third kappa shape index (κ3) is 6.17. The van der Waals surface area contributed by atoms with Gasteiger partial charge in [0.15, 0.2) is 0 Å². The number of carbonyl (C=O) groups excluding carboxylic acids is 1. The first-order chi connectivity index (χ1) is 9.52. The molecule has 112 valence electrons. The number of amides is 1. The summed E-state index contributed by atoms with van der Waals surface area (Å²) in [7, 11) is 5.92. The van der Waals surface area contributed by atoms with Gasteiger partial charge in [0.2, 0.25) is 5.91 Å². The van der Waals surface area contributed by atoms with E-state index in [9.17, 15) is 4.79 Å². The Morgan fingerprint density at radius 2 is 1.90 bits per heavy atom. The fourth-order valence-corrected chi connectivity index (χ4v) is 2.24. The fourth-order valence-electron chi connectivity index (χ4n) is 2.24. The summed E-state index contributed by atoms with van der Waals surface area (Å²) in [6.07, 6.45) is 0.858. The van der Waals surface area contributed by atoms with Crippen molar-refractivity contribution in [3.8, 4) is 0 Å². The van der Waals surface area contributed by atoms with E-state index < -0.39 is 0 Å². The fraction of sp³-hybridized carbons (Fsp3) is 0.562. The molecule has 0 heterocycles. The molecule has 2 atom stereocenters. The Kier molecular flexibility index (Phi) is 7.26. The highest BCUT2D eigenvalue weighted by atomic mass is 16.1. The summed E-state index contributed by atoms with van der Waals surface area (Å²) < 4.78 is 0. The molecule has 1 aromatic rings. The first-order valence-corrected chi connectivity index (χ1v) is 7.16. The number of nitrogens with zero attached hydrogens (tertiary/aromatic N) is 1. The van der Waals surface area contributed by atoms with E-state index in [0.717, 1.165) is 13.0 Å². The van der Waals surface area contributed by atoms with E-state index in [0.29, 0.717) is 6.54 Å². The van der Waals surface area contributed by atoms with Gasteiger partial charge in [-0.2, -0.15) is 0 Å². The number of carbonyl (C=O) groups is 1. The second kappa shape index (κ2) is 8.72. The van der Waals surface area contributed by atoms with Crippen molar-refractivity contribution < 1.29 is 4.79 Å². The van der Waals surface area contributed by atoms with E-state index in [-0.39, 0.29) is 17.9 Å². The van der Waals surface area contributed by atoms with Crippen molar-refractivity contribution in [1.29, 1.82) is 0 Å². The summed E-state index contributed by atoms with van der Waals surface area (Å²) in [6.45, 7) is 3.49. The van der Waals surface area contributed by atoms with E-state index in [2.05, 4.69) is 27.7 Å². The van der Waals surface area contributed by atoms with Gasteiger partial charge in [-0.05, 0) is 33.1 Å². The van der Waals surface area contributed by atoms with Crippen LogP contribution in [0.2, 0.25) is 0 Å². The summed E-state index contributed by atoms with van der Waals surface area (Å²) in [6, 6.07) is 10.4. The normalized spacial score (nSPS) is 14.1. The van der Waals surface area contributed by atoms with Crippen LogP contribution in [0.4, 0.5) is 0 Å². The molecule has 0 spiro atoms. The van der Waals surface area contributed by atoms with Gasteiger partial charge in [-0.15, -0.1) is 0 Å². The number of hydrogen-bond donors (Lipinski definition) is 2. The largest absolute Gasteiger partial charge is 0.351 e. The van der Waals surface area contributed by atoms with E-state index in [1.54, 1.807) is 0 Å². The van der Waals surface area contributed by atoms with Crippen LogP contribution in [-0.4, -0.2) is 51.1 Å². The van der Waals surface area contributed by atoms with Crippen molar-refractivity contribution in [2.75, 3.05) is 34.2 Å². The molecular formula is C16H27N3O. The lowest BCUT2D eigenvalue weighted by atomic mass is 10.0. The maximum atomic E-state index is 12.1. The first kappa shape index (κ1) is 16.7. The second-order valence-electron chi connectivity index (χ2n) is 5.62. The summed E-state index contributed by atoms with van der Waals surface area (Å²) >= 11 is 0. The maximum absolute atomic E-state index is 12.1. The van der Waals surface area contributed by atoms with Crippen LogP contribution in [0, 0.1) is 5.92 Å². The maximum Gasteiger partial charge on any atom is 0.224 e. The monoisotopic (exact) mass is 277 g/mol. The number of nitrogens with one attached hydrogen (secondary N) is 2. The molecule has 20 heavy (non-hydrogen) atoms. The van der Waals surface area contributed by atoms with Crippen molar-refractivity contribution in [2.24, 2.45) is 5.92 Å². The van der Waals surface area contributed by atoms with Crippen LogP contribution in [0.25, 0.3) is 0 Å². The lowest BCUT2D eigenvalue weighted by Gasteiger charge is -2.24. The van der Waals surface area contributed by atoms with Crippen LogP contribution in [0.1, 0.15) is 12.5 Å². The standard InChI is InChI=1S/C16H27N3O/c1-13(11-17-2)16(20)18-15(12-19(3)4)10-14-8-6-5-7-9-14/h5-9,13,15,17H,10-12H2,1-4H3,(H,18,20). The average molecular weight is 277 g/mol. The molecule has 2 unspecified atom stereocenters. The van der Waals surface area contributed by atoms with Gasteiger partial charge in [-0.3, -0.25) is 4.79 Å². The zero-order chi connectivity index (χ0) is 15.0. The molecule has 0 fully saturated rings. The Labute approximate surface area is 122 Å². The van der Waals surface area contributed by atoms with E-state index in [1.165, 1.54) is 5.56 Å². The molecule has 0 aliphatic carbocycles. The minimum atomic E-state index is -0.0135. The third-order valence-corrected chi connectivity index (χ3v) is 3.21. The quantitative estimate of drug-likeness (QED) is 0.749. The van der Waals surface area contributed by atoms with Crippen molar-refractivity contribution in [1.82, 2.24) is 15.5 Å². The van der Waals surface area contributed by atoms with Crippen LogP contribution in [0.5, 0.6) is 0 Å². The number of likely N-dealkylation sites (N-methyl/N-ethyl adjacent to an activating group) is 1. The molecule has 1 amide bonds. The SMILES string of the molecule is CNCC(C)C(=O)NC(Cc1ccccc1)CN(C)C. The third-order valence-electron chi connectivity index (χ3n) is 3.21. The summed E-state index contributed by atoms with van der Waals surface area (Å²) in [5.74, 6) is 0.0996.